The smallest absolute Gasteiger partial charge is 0.0589 e. The number of hydrogen-bond acceptors (Lipinski definition) is 3. The van der Waals surface area contributed by atoms with Gasteiger partial charge in [-0.2, -0.15) is 0 Å². The van der Waals surface area contributed by atoms with Crippen molar-refractivity contribution in [2.45, 2.75) is 6.42 Å². The third kappa shape index (κ3) is 10.2. The van der Waals surface area contributed by atoms with Gasteiger partial charge in [0.15, 0.2) is 0 Å². The fraction of sp³-hybridized carbons (Fsp3) is 0.818. The zero-order valence-electron chi connectivity index (χ0n) is 9.75. The largest absolute Gasteiger partial charge is 0.385 e. The van der Waals surface area contributed by atoms with Crippen LogP contribution >= 0.6 is 11.6 Å². The van der Waals surface area contributed by atoms with E-state index in [1.807, 2.05) is 6.08 Å². The van der Waals surface area contributed by atoms with Crippen LogP contribution in [0.3, 0.4) is 0 Å². The van der Waals surface area contributed by atoms with Crippen molar-refractivity contribution in [3.8, 4) is 0 Å². The van der Waals surface area contributed by atoms with E-state index >= 15 is 0 Å². The highest BCUT2D eigenvalue weighted by molar-refractivity contribution is 6.18. The molecule has 0 rings (SSSR count). The van der Waals surface area contributed by atoms with Crippen molar-refractivity contribution in [3.05, 3.63) is 12.2 Å². The van der Waals surface area contributed by atoms with E-state index in [-0.39, 0.29) is 0 Å². The molecule has 4 heteroatoms. The minimum atomic E-state index is 0.580. The number of halogens is 1. The summed E-state index contributed by atoms with van der Waals surface area (Å²) in [6.07, 6.45) is 5.11. The van der Waals surface area contributed by atoms with Gasteiger partial charge in [-0.25, -0.2) is 0 Å². The van der Waals surface area contributed by atoms with Gasteiger partial charge in [-0.05, 0) is 6.42 Å². The summed E-state index contributed by atoms with van der Waals surface area (Å²) in [5, 5.41) is 0. The summed E-state index contributed by atoms with van der Waals surface area (Å²) in [6, 6.07) is 0. The molecule has 0 atom stereocenters. The van der Waals surface area contributed by atoms with Crippen molar-refractivity contribution in [3.63, 3.8) is 0 Å². The molecule has 0 unspecified atom stereocenters. The lowest BCUT2D eigenvalue weighted by atomic mass is 10.3. The van der Waals surface area contributed by atoms with Crippen molar-refractivity contribution in [2.24, 2.45) is 0 Å². The van der Waals surface area contributed by atoms with Crippen LogP contribution in [0.4, 0.5) is 0 Å². The van der Waals surface area contributed by atoms with Crippen LogP contribution in [0.2, 0.25) is 0 Å². The lowest BCUT2D eigenvalue weighted by molar-refractivity contribution is 0.139. The topological polar surface area (TPSA) is 21.7 Å². The average molecular weight is 236 g/mol. The Balaban J connectivity index is 3.67. The summed E-state index contributed by atoms with van der Waals surface area (Å²) >= 11 is 5.57. The molecule has 0 aliphatic heterocycles. The van der Waals surface area contributed by atoms with E-state index < -0.39 is 0 Å². The van der Waals surface area contributed by atoms with Gasteiger partial charge in [0.05, 0.1) is 6.61 Å². The van der Waals surface area contributed by atoms with Crippen LogP contribution in [0.1, 0.15) is 6.42 Å². The van der Waals surface area contributed by atoms with Gasteiger partial charge in [0.25, 0.3) is 0 Å². The lowest BCUT2D eigenvalue weighted by Crippen LogP contribution is -2.29. The number of rotatable bonds is 10. The molecule has 0 N–H and O–H groups in total. The summed E-state index contributed by atoms with van der Waals surface area (Å²) in [4.78, 5) is 2.32. The third-order valence-electron chi connectivity index (χ3n) is 2.05. The zero-order valence-corrected chi connectivity index (χ0v) is 10.5. The Kier molecular flexibility index (Phi) is 11.9. The minimum absolute atomic E-state index is 0.580. The van der Waals surface area contributed by atoms with E-state index in [4.69, 9.17) is 21.1 Å². The maximum atomic E-state index is 5.57. The molecule has 90 valence electrons. The molecule has 0 aliphatic carbocycles. The average Bonchev–Trinajstić information content (AvgIpc) is 2.25. The van der Waals surface area contributed by atoms with Gasteiger partial charge in [-0.15, -0.1) is 11.6 Å². The Bertz CT molecular complexity index is 154. The van der Waals surface area contributed by atoms with Crippen molar-refractivity contribution in [2.75, 3.05) is 52.9 Å². The van der Waals surface area contributed by atoms with E-state index in [1.54, 1.807) is 14.2 Å². The maximum Gasteiger partial charge on any atom is 0.0589 e. The van der Waals surface area contributed by atoms with Crippen LogP contribution in [-0.4, -0.2) is 57.8 Å². The van der Waals surface area contributed by atoms with E-state index in [0.717, 1.165) is 39.3 Å². The summed E-state index contributed by atoms with van der Waals surface area (Å²) in [5.74, 6) is 0.580. The molecule has 0 aromatic heterocycles. The molecule has 0 heterocycles. The van der Waals surface area contributed by atoms with Crippen LogP contribution in [0.25, 0.3) is 0 Å². The monoisotopic (exact) mass is 235 g/mol. The quantitative estimate of drug-likeness (QED) is 0.327. The number of ether oxygens (including phenoxy) is 2. The number of hydrogen-bond donors (Lipinski definition) is 0. The second-order valence-corrected chi connectivity index (χ2v) is 3.57. The summed E-state index contributed by atoms with van der Waals surface area (Å²) in [7, 11) is 3.45. The molecule has 15 heavy (non-hydrogen) atoms. The first-order valence-electron chi connectivity index (χ1n) is 5.26. The van der Waals surface area contributed by atoms with Gasteiger partial charge in [-0.3, -0.25) is 4.90 Å². The van der Waals surface area contributed by atoms with E-state index in [0.29, 0.717) is 5.88 Å². The predicted molar refractivity (Wildman–Crippen MR) is 64.7 cm³/mol. The van der Waals surface area contributed by atoms with E-state index in [1.165, 1.54) is 0 Å². The molecule has 0 saturated heterocycles. The van der Waals surface area contributed by atoms with Crippen molar-refractivity contribution in [1.29, 1.82) is 0 Å². The summed E-state index contributed by atoms with van der Waals surface area (Å²) in [6.45, 7) is 4.49. The predicted octanol–water partition coefficient (Wildman–Crippen LogP) is 1.77. The molecule has 0 bridgehead atoms. The maximum absolute atomic E-state index is 5.57. The number of methoxy groups -OCH3 is 2. The molecule has 0 amide bonds. The molecular weight excluding hydrogens is 214 g/mol. The van der Waals surface area contributed by atoms with Crippen molar-refractivity contribution >= 4 is 11.6 Å². The number of alkyl halides is 1. The molecule has 0 fully saturated rings. The molecule has 0 aromatic carbocycles. The van der Waals surface area contributed by atoms with Gasteiger partial charge in [0, 0.05) is 46.3 Å². The van der Waals surface area contributed by atoms with E-state index in [9.17, 15) is 0 Å². The minimum Gasteiger partial charge on any atom is -0.385 e. The normalized spacial score (nSPS) is 11.7. The standard InChI is InChI=1S/C11H22ClNO2/c1-14-10-5-8-13(9-11-15-2)7-4-3-6-12/h3-4H,5-11H2,1-2H3. The van der Waals surface area contributed by atoms with Gasteiger partial charge >= 0.3 is 0 Å². The summed E-state index contributed by atoms with van der Waals surface area (Å²) in [5.41, 5.74) is 0. The first kappa shape index (κ1) is 14.9. The molecule has 0 radical (unpaired) electrons. The van der Waals surface area contributed by atoms with Gasteiger partial charge in [-0.1, -0.05) is 12.2 Å². The number of nitrogens with zero attached hydrogens (tertiary/aromatic N) is 1. The fourth-order valence-electron chi connectivity index (χ4n) is 1.23. The Morgan fingerprint density at radius 1 is 1.07 bits per heavy atom. The number of allylic oxidation sites excluding steroid dienone is 1. The Morgan fingerprint density at radius 2 is 1.80 bits per heavy atom. The van der Waals surface area contributed by atoms with Crippen LogP contribution in [0.15, 0.2) is 12.2 Å². The van der Waals surface area contributed by atoms with Crippen LogP contribution in [0.5, 0.6) is 0 Å². The van der Waals surface area contributed by atoms with E-state index in [2.05, 4.69) is 11.0 Å². The van der Waals surface area contributed by atoms with Crippen molar-refractivity contribution < 1.29 is 9.47 Å². The third-order valence-corrected chi connectivity index (χ3v) is 2.23. The highest BCUT2D eigenvalue weighted by Gasteiger charge is 2.01. The van der Waals surface area contributed by atoms with Crippen LogP contribution in [0, 0.1) is 0 Å². The van der Waals surface area contributed by atoms with Crippen molar-refractivity contribution in [1.82, 2.24) is 4.90 Å². The zero-order chi connectivity index (χ0) is 11.4. The summed E-state index contributed by atoms with van der Waals surface area (Å²) < 4.78 is 10.1. The second-order valence-electron chi connectivity index (χ2n) is 3.27. The second kappa shape index (κ2) is 12.0. The van der Waals surface area contributed by atoms with Crippen LogP contribution in [-0.2, 0) is 9.47 Å². The fourth-order valence-corrected chi connectivity index (χ4v) is 1.36. The molecule has 0 spiro atoms. The molecule has 0 aromatic rings. The molecular formula is C11H22ClNO2. The Morgan fingerprint density at radius 3 is 2.40 bits per heavy atom. The molecule has 0 aliphatic rings. The Hall–Kier alpha value is -0.0900. The lowest BCUT2D eigenvalue weighted by Gasteiger charge is -2.19. The van der Waals surface area contributed by atoms with Gasteiger partial charge < -0.3 is 9.47 Å². The molecule has 3 nitrogen and oxygen atoms in total. The first-order chi connectivity index (χ1) is 7.35. The Labute approximate surface area is 98.0 Å². The highest BCUT2D eigenvalue weighted by atomic mass is 35.5. The molecule has 0 saturated carbocycles. The SMILES string of the molecule is COCCCN(CC=CCCl)CCOC. The van der Waals surface area contributed by atoms with Gasteiger partial charge in [0.2, 0.25) is 0 Å². The highest BCUT2D eigenvalue weighted by Crippen LogP contribution is 1.94. The van der Waals surface area contributed by atoms with Crippen LogP contribution < -0.4 is 0 Å². The first-order valence-corrected chi connectivity index (χ1v) is 5.79. The van der Waals surface area contributed by atoms with Gasteiger partial charge in [0.1, 0.15) is 0 Å².